The highest BCUT2D eigenvalue weighted by atomic mass is 32.1. The van der Waals surface area contributed by atoms with Gasteiger partial charge in [0.25, 0.3) is 0 Å². The lowest BCUT2D eigenvalue weighted by atomic mass is 10.2. The number of hydrogen-bond acceptors (Lipinski definition) is 3. The van der Waals surface area contributed by atoms with Crippen LogP contribution in [0, 0.1) is 5.82 Å². The first kappa shape index (κ1) is 12.2. The van der Waals surface area contributed by atoms with Gasteiger partial charge in [-0.05, 0) is 31.0 Å². The zero-order valence-corrected chi connectivity index (χ0v) is 10.5. The van der Waals surface area contributed by atoms with Crippen LogP contribution in [0.1, 0.15) is 22.4 Å². The average molecular weight is 250 g/mol. The highest BCUT2D eigenvalue weighted by Gasteiger charge is 2.05. The number of rotatable bonds is 4. The molecule has 0 spiro atoms. The van der Waals surface area contributed by atoms with E-state index in [1.165, 1.54) is 17.0 Å². The standard InChI is InChI=1S/C13H15FN2S/c1-9(15)6-12-8-16-13(17-12)7-10-2-4-11(14)5-3-10/h2-5,8-9H,6-7,15H2,1H3. The van der Waals surface area contributed by atoms with E-state index < -0.39 is 0 Å². The minimum absolute atomic E-state index is 0.161. The van der Waals surface area contributed by atoms with Crippen molar-refractivity contribution in [2.45, 2.75) is 25.8 Å². The van der Waals surface area contributed by atoms with Crippen molar-refractivity contribution in [1.29, 1.82) is 0 Å². The molecule has 0 amide bonds. The molecule has 1 heterocycles. The van der Waals surface area contributed by atoms with E-state index in [4.69, 9.17) is 5.73 Å². The monoisotopic (exact) mass is 250 g/mol. The second-order valence-corrected chi connectivity index (χ2v) is 5.40. The van der Waals surface area contributed by atoms with Crippen molar-refractivity contribution >= 4 is 11.3 Å². The lowest BCUT2D eigenvalue weighted by Gasteiger charge is -1.99. The zero-order valence-electron chi connectivity index (χ0n) is 9.69. The summed E-state index contributed by atoms with van der Waals surface area (Å²) in [6.45, 7) is 1.99. The van der Waals surface area contributed by atoms with Crippen LogP contribution in [0.4, 0.5) is 4.39 Å². The van der Waals surface area contributed by atoms with E-state index in [2.05, 4.69) is 4.98 Å². The summed E-state index contributed by atoms with van der Waals surface area (Å²) in [4.78, 5) is 5.56. The Morgan fingerprint density at radius 3 is 2.71 bits per heavy atom. The number of benzene rings is 1. The fourth-order valence-electron chi connectivity index (χ4n) is 1.62. The van der Waals surface area contributed by atoms with Gasteiger partial charge in [0.2, 0.25) is 0 Å². The van der Waals surface area contributed by atoms with Crippen LogP contribution in [0.3, 0.4) is 0 Å². The predicted molar refractivity (Wildman–Crippen MR) is 68.7 cm³/mol. The molecule has 4 heteroatoms. The number of aromatic nitrogens is 1. The SMILES string of the molecule is CC(N)Cc1cnc(Cc2ccc(F)cc2)s1. The summed E-state index contributed by atoms with van der Waals surface area (Å²) < 4.78 is 12.7. The molecule has 17 heavy (non-hydrogen) atoms. The van der Waals surface area contributed by atoms with Gasteiger partial charge in [0.05, 0.1) is 5.01 Å². The van der Waals surface area contributed by atoms with Crippen molar-refractivity contribution in [1.82, 2.24) is 4.98 Å². The number of nitrogens with two attached hydrogens (primary N) is 1. The molecular weight excluding hydrogens is 235 g/mol. The molecule has 0 aliphatic carbocycles. The normalized spacial score (nSPS) is 12.6. The van der Waals surface area contributed by atoms with Crippen LogP contribution >= 0.6 is 11.3 Å². The molecule has 0 bridgehead atoms. The van der Waals surface area contributed by atoms with E-state index >= 15 is 0 Å². The quantitative estimate of drug-likeness (QED) is 0.906. The molecule has 0 saturated carbocycles. The van der Waals surface area contributed by atoms with E-state index in [0.717, 1.165) is 23.4 Å². The van der Waals surface area contributed by atoms with Gasteiger partial charge in [-0.1, -0.05) is 12.1 Å². The summed E-state index contributed by atoms with van der Waals surface area (Å²) in [6, 6.07) is 6.70. The largest absolute Gasteiger partial charge is 0.328 e. The molecule has 1 unspecified atom stereocenters. The van der Waals surface area contributed by atoms with Crippen LogP contribution in [0.15, 0.2) is 30.5 Å². The topological polar surface area (TPSA) is 38.9 Å². The van der Waals surface area contributed by atoms with Crippen LogP contribution in [0.2, 0.25) is 0 Å². The molecule has 0 radical (unpaired) electrons. The van der Waals surface area contributed by atoms with E-state index in [1.807, 2.05) is 13.1 Å². The second-order valence-electron chi connectivity index (χ2n) is 4.20. The van der Waals surface area contributed by atoms with Crippen molar-refractivity contribution < 1.29 is 4.39 Å². The lowest BCUT2D eigenvalue weighted by Crippen LogP contribution is -2.16. The Bertz CT molecular complexity index is 476. The molecule has 1 aromatic heterocycles. The lowest BCUT2D eigenvalue weighted by molar-refractivity contribution is 0.627. The van der Waals surface area contributed by atoms with E-state index in [0.29, 0.717) is 0 Å². The summed E-state index contributed by atoms with van der Waals surface area (Å²) >= 11 is 1.68. The Hall–Kier alpha value is -1.26. The molecule has 0 fully saturated rings. The second kappa shape index (κ2) is 5.38. The third kappa shape index (κ3) is 3.61. The molecule has 0 saturated heterocycles. The molecule has 2 nitrogen and oxygen atoms in total. The molecule has 2 rings (SSSR count). The zero-order chi connectivity index (χ0) is 12.3. The first-order valence-corrected chi connectivity index (χ1v) is 6.39. The maximum Gasteiger partial charge on any atom is 0.123 e. The van der Waals surface area contributed by atoms with Crippen LogP contribution < -0.4 is 5.73 Å². The fourth-order valence-corrected chi connectivity index (χ4v) is 2.72. The predicted octanol–water partition coefficient (Wildman–Crippen LogP) is 2.76. The molecule has 2 aromatic rings. The van der Waals surface area contributed by atoms with Crippen molar-refractivity contribution in [2.24, 2.45) is 5.73 Å². The van der Waals surface area contributed by atoms with E-state index in [9.17, 15) is 4.39 Å². The van der Waals surface area contributed by atoms with Gasteiger partial charge in [0, 0.05) is 23.5 Å². The highest BCUT2D eigenvalue weighted by Crippen LogP contribution is 2.18. The Balaban J connectivity index is 2.03. The Kier molecular flexibility index (Phi) is 3.86. The van der Waals surface area contributed by atoms with Gasteiger partial charge in [0.1, 0.15) is 5.82 Å². The third-order valence-electron chi connectivity index (χ3n) is 2.39. The summed E-state index contributed by atoms with van der Waals surface area (Å²) in [7, 11) is 0. The van der Waals surface area contributed by atoms with Gasteiger partial charge in [-0.2, -0.15) is 0 Å². The number of halogens is 1. The Labute approximate surface area is 104 Å². The van der Waals surface area contributed by atoms with Crippen LogP contribution in [0.5, 0.6) is 0 Å². The Morgan fingerprint density at radius 1 is 1.35 bits per heavy atom. The maximum absolute atomic E-state index is 12.7. The van der Waals surface area contributed by atoms with Gasteiger partial charge >= 0.3 is 0 Å². The molecule has 1 aromatic carbocycles. The summed E-state index contributed by atoms with van der Waals surface area (Å²) in [6.07, 6.45) is 3.50. The van der Waals surface area contributed by atoms with Crippen LogP contribution in [-0.2, 0) is 12.8 Å². The first-order valence-electron chi connectivity index (χ1n) is 5.57. The third-order valence-corrected chi connectivity index (χ3v) is 3.41. The number of hydrogen-bond donors (Lipinski definition) is 1. The highest BCUT2D eigenvalue weighted by molar-refractivity contribution is 7.11. The number of thiazole rings is 1. The van der Waals surface area contributed by atoms with Gasteiger partial charge in [0.15, 0.2) is 0 Å². The average Bonchev–Trinajstić information content (AvgIpc) is 2.68. The summed E-state index contributed by atoms with van der Waals surface area (Å²) in [5.74, 6) is -0.203. The molecule has 0 aliphatic rings. The van der Waals surface area contributed by atoms with Crippen LogP contribution in [0.25, 0.3) is 0 Å². The smallest absolute Gasteiger partial charge is 0.123 e. The van der Waals surface area contributed by atoms with Crippen molar-refractivity contribution in [2.75, 3.05) is 0 Å². The van der Waals surface area contributed by atoms with Gasteiger partial charge in [-0.15, -0.1) is 11.3 Å². The summed E-state index contributed by atoms with van der Waals surface area (Å²) in [5, 5.41) is 1.05. The van der Waals surface area contributed by atoms with Crippen LogP contribution in [-0.4, -0.2) is 11.0 Å². The minimum Gasteiger partial charge on any atom is -0.328 e. The minimum atomic E-state index is -0.203. The van der Waals surface area contributed by atoms with E-state index in [-0.39, 0.29) is 11.9 Å². The maximum atomic E-state index is 12.7. The molecule has 90 valence electrons. The fraction of sp³-hybridized carbons (Fsp3) is 0.308. The van der Waals surface area contributed by atoms with Gasteiger partial charge in [-0.3, -0.25) is 0 Å². The van der Waals surface area contributed by atoms with Crippen molar-refractivity contribution in [3.8, 4) is 0 Å². The van der Waals surface area contributed by atoms with Gasteiger partial charge < -0.3 is 5.73 Å². The van der Waals surface area contributed by atoms with Crippen molar-refractivity contribution in [3.05, 3.63) is 51.7 Å². The molecule has 1 atom stereocenters. The molecular formula is C13H15FN2S. The number of nitrogens with zero attached hydrogens (tertiary/aromatic N) is 1. The molecule has 2 N–H and O–H groups in total. The first-order chi connectivity index (χ1) is 8.13. The summed E-state index contributed by atoms with van der Waals surface area (Å²) in [5.41, 5.74) is 6.82. The molecule has 0 aliphatic heterocycles. The van der Waals surface area contributed by atoms with Gasteiger partial charge in [-0.25, -0.2) is 9.37 Å². The Morgan fingerprint density at radius 2 is 2.06 bits per heavy atom. The van der Waals surface area contributed by atoms with Crippen molar-refractivity contribution in [3.63, 3.8) is 0 Å². The van der Waals surface area contributed by atoms with E-state index in [1.54, 1.807) is 23.5 Å².